The molecule has 3 saturated heterocycles. The van der Waals surface area contributed by atoms with E-state index in [2.05, 4.69) is 26.8 Å². The number of nitrogens with zero attached hydrogens (tertiary/aromatic N) is 4. The zero-order chi connectivity index (χ0) is 41.2. The van der Waals surface area contributed by atoms with Gasteiger partial charge in [-0.1, -0.05) is 18.7 Å². The second kappa shape index (κ2) is 14.9. The SMILES string of the molecule is C=C1CCC(N2Cc3cc(N4CC(COc5ccc(-c6cnc7[nH]cc(C(=O)c8c(F)ccc(NS(=O)(=O)N9CC[C@@H](F)C9)c8F)c7c6)cc5)C4)ccc3C2=O)C(=O)N1. The van der Waals surface area contributed by atoms with Gasteiger partial charge >= 0.3 is 10.2 Å². The number of benzene rings is 3. The average Bonchev–Trinajstić information content (AvgIpc) is 3.92. The molecule has 2 atom stereocenters. The first-order valence-electron chi connectivity index (χ1n) is 19.2. The van der Waals surface area contributed by atoms with Crippen LogP contribution in [0, 0.1) is 17.6 Å². The Morgan fingerprint density at radius 2 is 1.80 bits per heavy atom. The number of aromatic nitrogens is 2. The highest BCUT2D eigenvalue weighted by Gasteiger charge is 2.39. The van der Waals surface area contributed by atoms with Crippen LogP contribution in [-0.4, -0.2) is 90.2 Å². The van der Waals surface area contributed by atoms with E-state index in [1.165, 1.54) is 6.20 Å². The van der Waals surface area contributed by atoms with E-state index in [1.54, 1.807) is 17.2 Å². The number of ketones is 1. The van der Waals surface area contributed by atoms with Crippen LogP contribution in [0.4, 0.5) is 24.5 Å². The number of aromatic amines is 1. The van der Waals surface area contributed by atoms with Crippen molar-refractivity contribution in [3.63, 3.8) is 0 Å². The monoisotopic (exact) mass is 825 g/mol. The quantitative estimate of drug-likeness (QED) is 0.143. The van der Waals surface area contributed by atoms with Gasteiger partial charge in [-0.15, -0.1) is 0 Å². The van der Waals surface area contributed by atoms with Crippen LogP contribution >= 0.6 is 0 Å². The van der Waals surface area contributed by atoms with Crippen LogP contribution in [0.2, 0.25) is 0 Å². The molecule has 4 aliphatic heterocycles. The number of rotatable bonds is 11. The summed E-state index contributed by atoms with van der Waals surface area (Å²) in [5.74, 6) is -2.99. The summed E-state index contributed by atoms with van der Waals surface area (Å²) in [6.45, 7) is 5.77. The van der Waals surface area contributed by atoms with Gasteiger partial charge in [0, 0.05) is 84.5 Å². The predicted octanol–water partition coefficient (Wildman–Crippen LogP) is 5.70. The maximum atomic E-state index is 15.7. The van der Waals surface area contributed by atoms with Gasteiger partial charge in [0.05, 0.1) is 17.9 Å². The first-order valence-corrected chi connectivity index (χ1v) is 20.6. The highest BCUT2D eigenvalue weighted by atomic mass is 32.2. The van der Waals surface area contributed by atoms with Gasteiger partial charge in [-0.05, 0) is 78.9 Å². The lowest BCUT2D eigenvalue weighted by Crippen LogP contribution is -2.49. The van der Waals surface area contributed by atoms with Gasteiger partial charge in [0.2, 0.25) is 11.7 Å². The topological polar surface area (TPSA) is 157 Å². The smallest absolute Gasteiger partial charge is 0.301 e. The Morgan fingerprint density at radius 1 is 1.00 bits per heavy atom. The molecule has 1 unspecified atom stereocenters. The van der Waals surface area contributed by atoms with Crippen LogP contribution in [0.15, 0.2) is 85.3 Å². The van der Waals surface area contributed by atoms with Crippen molar-refractivity contribution >= 4 is 50.2 Å². The lowest BCUT2D eigenvalue weighted by molar-refractivity contribution is -0.126. The number of H-pyrrole nitrogens is 1. The van der Waals surface area contributed by atoms with Crippen molar-refractivity contribution in [2.75, 3.05) is 42.4 Å². The molecule has 5 aromatic rings. The highest BCUT2D eigenvalue weighted by Crippen LogP contribution is 2.35. The molecule has 304 valence electrons. The van der Waals surface area contributed by atoms with Gasteiger partial charge < -0.3 is 24.8 Å². The molecule has 0 radical (unpaired) electrons. The molecule has 0 aliphatic carbocycles. The largest absolute Gasteiger partial charge is 0.493 e. The van der Waals surface area contributed by atoms with Crippen LogP contribution in [0.5, 0.6) is 5.75 Å². The van der Waals surface area contributed by atoms with Crippen LogP contribution in [0.1, 0.15) is 51.1 Å². The van der Waals surface area contributed by atoms with Crippen molar-refractivity contribution in [3.05, 3.63) is 119 Å². The molecule has 13 nitrogen and oxygen atoms in total. The standard InChI is InChI=1S/C42H38F3N7O6S/c1-23-2-11-36(41(54)48-23)52-20-27-14-29(5-8-31(27)42(52)55)50-18-24(19-50)22-58-30-6-3-25(4-7-30)26-15-32-33(17-47-40(32)46-16-26)39(53)37-34(44)9-10-35(38(37)45)49-59(56,57)51-13-12-28(43)21-51/h3-10,14-17,24,28,36,49H,1-2,11-13,18-22H2,(H,46,47)(H,48,54)/t28-,36?/m1/s1. The van der Waals surface area contributed by atoms with Crippen molar-refractivity contribution in [2.24, 2.45) is 5.92 Å². The summed E-state index contributed by atoms with van der Waals surface area (Å²) in [6.07, 6.45) is 2.74. The summed E-state index contributed by atoms with van der Waals surface area (Å²) in [4.78, 5) is 50.5. The minimum Gasteiger partial charge on any atom is -0.493 e. The third kappa shape index (κ3) is 7.18. The molecular formula is C42H38F3N7O6S. The van der Waals surface area contributed by atoms with E-state index in [0.717, 1.165) is 46.3 Å². The molecular weight excluding hydrogens is 788 g/mol. The number of amides is 2. The van der Waals surface area contributed by atoms with E-state index in [9.17, 15) is 27.2 Å². The molecule has 2 aromatic heterocycles. The van der Waals surface area contributed by atoms with Crippen molar-refractivity contribution in [1.82, 2.24) is 24.5 Å². The lowest BCUT2D eigenvalue weighted by atomic mass is 9.99. The molecule has 17 heteroatoms. The van der Waals surface area contributed by atoms with E-state index in [-0.39, 0.29) is 36.3 Å². The second-order valence-electron chi connectivity index (χ2n) is 15.3. The number of piperidine rings is 1. The average molecular weight is 826 g/mol. The van der Waals surface area contributed by atoms with Crippen molar-refractivity contribution in [3.8, 4) is 16.9 Å². The number of halogens is 3. The molecule has 6 heterocycles. The minimum atomic E-state index is -4.36. The van der Waals surface area contributed by atoms with E-state index in [1.807, 2.05) is 47.2 Å². The molecule has 3 aromatic carbocycles. The number of hydrogen-bond donors (Lipinski definition) is 3. The molecule has 3 fully saturated rings. The number of carbonyl (C=O) groups excluding carboxylic acids is 3. The minimum absolute atomic E-state index is 0.00185. The fraction of sp³-hybridized carbons (Fsp3) is 0.286. The number of ether oxygens (including phenoxy) is 1. The summed E-state index contributed by atoms with van der Waals surface area (Å²) >= 11 is 0. The number of fused-ring (bicyclic) bond motifs is 2. The maximum absolute atomic E-state index is 15.7. The zero-order valence-corrected chi connectivity index (χ0v) is 32.3. The first kappa shape index (κ1) is 38.3. The van der Waals surface area contributed by atoms with E-state index < -0.39 is 57.6 Å². The summed E-state index contributed by atoms with van der Waals surface area (Å²) in [5.41, 5.74) is 3.23. The summed E-state index contributed by atoms with van der Waals surface area (Å²) in [7, 11) is -4.36. The van der Waals surface area contributed by atoms with Gasteiger partial charge in [-0.2, -0.15) is 12.7 Å². The Hall–Kier alpha value is -6.20. The lowest BCUT2D eigenvalue weighted by Gasteiger charge is -2.41. The number of nitrogens with one attached hydrogen (secondary N) is 3. The number of carbonyl (C=O) groups is 3. The summed E-state index contributed by atoms with van der Waals surface area (Å²) in [5, 5.41) is 3.07. The zero-order valence-electron chi connectivity index (χ0n) is 31.5. The fourth-order valence-corrected chi connectivity index (χ4v) is 9.38. The Labute approximate surface area is 337 Å². The summed E-state index contributed by atoms with van der Waals surface area (Å²) < 4.78 is 78.9. The van der Waals surface area contributed by atoms with Crippen molar-refractivity contribution in [2.45, 2.75) is 38.0 Å². The Balaban J connectivity index is 0.825. The third-order valence-corrected chi connectivity index (χ3v) is 12.9. The van der Waals surface area contributed by atoms with Crippen LogP contribution < -0.4 is 19.7 Å². The normalized spacial score (nSPS) is 19.9. The predicted molar refractivity (Wildman–Crippen MR) is 213 cm³/mol. The van der Waals surface area contributed by atoms with Crippen LogP contribution in [-0.2, 0) is 21.5 Å². The van der Waals surface area contributed by atoms with E-state index in [0.29, 0.717) is 59.6 Å². The Bertz CT molecular complexity index is 2670. The number of allylic oxidation sites excluding steroid dienone is 1. The van der Waals surface area contributed by atoms with Crippen molar-refractivity contribution in [1.29, 1.82) is 0 Å². The van der Waals surface area contributed by atoms with E-state index in [4.69, 9.17) is 4.74 Å². The van der Waals surface area contributed by atoms with Crippen LogP contribution in [0.3, 0.4) is 0 Å². The van der Waals surface area contributed by atoms with Gasteiger partial charge in [0.25, 0.3) is 5.91 Å². The maximum Gasteiger partial charge on any atom is 0.301 e. The molecule has 0 saturated carbocycles. The number of alkyl halides is 1. The van der Waals surface area contributed by atoms with E-state index >= 15 is 8.78 Å². The Kier molecular flexibility index (Phi) is 9.66. The highest BCUT2D eigenvalue weighted by molar-refractivity contribution is 7.90. The van der Waals surface area contributed by atoms with Crippen LogP contribution in [0.25, 0.3) is 22.2 Å². The second-order valence-corrected chi connectivity index (χ2v) is 17.0. The summed E-state index contributed by atoms with van der Waals surface area (Å²) in [6, 6.07) is 16.0. The first-order chi connectivity index (χ1) is 28.3. The van der Waals surface area contributed by atoms with Gasteiger partial charge in [-0.25, -0.2) is 18.2 Å². The molecule has 0 bridgehead atoms. The molecule has 9 rings (SSSR count). The molecule has 59 heavy (non-hydrogen) atoms. The molecule has 2 amide bonds. The Morgan fingerprint density at radius 3 is 2.54 bits per heavy atom. The number of anilines is 2. The van der Waals surface area contributed by atoms with Gasteiger partial charge in [-0.3, -0.25) is 19.1 Å². The molecule has 4 aliphatic rings. The molecule has 3 N–H and O–H groups in total. The number of pyridine rings is 1. The molecule has 0 spiro atoms. The van der Waals surface area contributed by atoms with Gasteiger partial charge in [0.15, 0.2) is 5.82 Å². The van der Waals surface area contributed by atoms with Crippen molar-refractivity contribution < 1.29 is 40.7 Å². The third-order valence-electron chi connectivity index (χ3n) is 11.4. The van der Waals surface area contributed by atoms with Gasteiger partial charge in [0.1, 0.15) is 29.4 Å². The fourth-order valence-electron chi connectivity index (χ4n) is 8.11. The number of hydrogen-bond acceptors (Lipinski definition) is 8.